The molecule has 6 nitrogen and oxygen atoms in total. The molecule has 0 radical (unpaired) electrons. The van der Waals surface area contributed by atoms with Crippen molar-refractivity contribution >= 4 is 17.5 Å². The van der Waals surface area contributed by atoms with Gasteiger partial charge in [-0.1, -0.05) is 36.8 Å². The van der Waals surface area contributed by atoms with Crippen LogP contribution in [0.4, 0.5) is 5.69 Å². The molecular formula is C24H26N2O4. The van der Waals surface area contributed by atoms with E-state index in [1.165, 1.54) is 0 Å². The van der Waals surface area contributed by atoms with Crippen molar-refractivity contribution in [2.75, 3.05) is 25.2 Å². The van der Waals surface area contributed by atoms with Gasteiger partial charge in [0.1, 0.15) is 0 Å². The summed E-state index contributed by atoms with van der Waals surface area (Å²) in [6.45, 7) is 1.48. The second kappa shape index (κ2) is 7.67. The number of carbonyl (C=O) groups is 2. The van der Waals surface area contributed by atoms with Gasteiger partial charge in [0.25, 0.3) is 0 Å². The third-order valence-electron chi connectivity index (χ3n) is 6.74. The fourth-order valence-electron chi connectivity index (χ4n) is 4.78. The van der Waals surface area contributed by atoms with E-state index in [0.717, 1.165) is 24.8 Å². The topological polar surface area (TPSA) is 67.9 Å². The summed E-state index contributed by atoms with van der Waals surface area (Å²) < 4.78 is 10.7. The molecule has 1 N–H and O–H groups in total. The van der Waals surface area contributed by atoms with Crippen molar-refractivity contribution in [1.29, 1.82) is 0 Å². The molecule has 2 aromatic rings. The fourth-order valence-corrected chi connectivity index (χ4v) is 4.78. The SMILES string of the molecule is O=C(Nc1ccc2c(c1)OCO2)C1CCN(C(=O)C2(c3ccccc3)CCC2)CC1. The van der Waals surface area contributed by atoms with Crippen LogP contribution in [0.15, 0.2) is 48.5 Å². The second-order valence-corrected chi connectivity index (χ2v) is 8.43. The largest absolute Gasteiger partial charge is 0.454 e. The van der Waals surface area contributed by atoms with Gasteiger partial charge in [-0.3, -0.25) is 9.59 Å². The molecule has 2 aromatic carbocycles. The highest BCUT2D eigenvalue weighted by Crippen LogP contribution is 2.45. The molecule has 1 saturated carbocycles. The number of ether oxygens (including phenoxy) is 2. The van der Waals surface area contributed by atoms with Crippen LogP contribution in [0.2, 0.25) is 0 Å². The zero-order valence-electron chi connectivity index (χ0n) is 16.9. The third kappa shape index (κ3) is 3.30. The predicted octanol–water partition coefficient (Wildman–Crippen LogP) is 3.71. The van der Waals surface area contributed by atoms with Gasteiger partial charge in [0.05, 0.1) is 5.41 Å². The van der Waals surface area contributed by atoms with E-state index in [1.807, 2.05) is 29.2 Å². The van der Waals surface area contributed by atoms with Gasteiger partial charge in [0, 0.05) is 30.8 Å². The quantitative estimate of drug-likeness (QED) is 0.840. The van der Waals surface area contributed by atoms with Crippen molar-refractivity contribution in [2.24, 2.45) is 5.92 Å². The van der Waals surface area contributed by atoms with Crippen LogP contribution in [0, 0.1) is 5.92 Å². The molecule has 1 aliphatic carbocycles. The summed E-state index contributed by atoms with van der Waals surface area (Å²) in [5.74, 6) is 1.49. The smallest absolute Gasteiger partial charge is 0.233 e. The van der Waals surface area contributed by atoms with Crippen LogP contribution >= 0.6 is 0 Å². The molecule has 2 heterocycles. The standard InChI is InChI=1S/C24H26N2O4/c27-22(25-19-7-8-20-21(15-19)30-16-29-20)17-9-13-26(14-10-17)23(28)24(11-4-12-24)18-5-2-1-3-6-18/h1-3,5-8,15,17H,4,9-14,16H2,(H,25,27). The number of benzene rings is 2. The second-order valence-electron chi connectivity index (χ2n) is 8.43. The number of piperidine rings is 1. The van der Waals surface area contributed by atoms with Crippen molar-refractivity contribution in [3.63, 3.8) is 0 Å². The number of fused-ring (bicyclic) bond motifs is 1. The number of amides is 2. The molecule has 0 spiro atoms. The highest BCUT2D eigenvalue weighted by Gasteiger charge is 2.48. The van der Waals surface area contributed by atoms with Crippen molar-refractivity contribution in [3.8, 4) is 11.5 Å². The Morgan fingerprint density at radius 3 is 2.40 bits per heavy atom. The highest BCUT2D eigenvalue weighted by atomic mass is 16.7. The maximum Gasteiger partial charge on any atom is 0.233 e. The summed E-state index contributed by atoms with van der Waals surface area (Å²) in [4.78, 5) is 28.1. The van der Waals surface area contributed by atoms with Crippen molar-refractivity contribution in [3.05, 3.63) is 54.1 Å². The van der Waals surface area contributed by atoms with Gasteiger partial charge in [0.15, 0.2) is 11.5 Å². The zero-order chi connectivity index (χ0) is 20.6. The van der Waals surface area contributed by atoms with Crippen molar-refractivity contribution in [1.82, 2.24) is 4.90 Å². The van der Waals surface area contributed by atoms with Gasteiger partial charge < -0.3 is 19.7 Å². The molecule has 0 unspecified atom stereocenters. The Labute approximate surface area is 176 Å². The maximum absolute atomic E-state index is 13.4. The van der Waals surface area contributed by atoms with Crippen molar-refractivity contribution < 1.29 is 19.1 Å². The van der Waals surface area contributed by atoms with Gasteiger partial charge in [-0.2, -0.15) is 0 Å². The predicted molar refractivity (Wildman–Crippen MR) is 112 cm³/mol. The van der Waals surface area contributed by atoms with Crippen LogP contribution in [0.5, 0.6) is 11.5 Å². The van der Waals surface area contributed by atoms with E-state index in [4.69, 9.17) is 9.47 Å². The maximum atomic E-state index is 13.4. The van der Waals surface area contributed by atoms with Gasteiger partial charge >= 0.3 is 0 Å². The molecule has 30 heavy (non-hydrogen) atoms. The van der Waals surface area contributed by atoms with E-state index < -0.39 is 0 Å². The number of nitrogens with zero attached hydrogens (tertiary/aromatic N) is 1. The summed E-state index contributed by atoms with van der Waals surface area (Å²) in [6.07, 6.45) is 4.30. The highest BCUT2D eigenvalue weighted by molar-refractivity contribution is 5.93. The van der Waals surface area contributed by atoms with Gasteiger partial charge in [-0.15, -0.1) is 0 Å². The number of hydrogen-bond donors (Lipinski definition) is 1. The van der Waals surface area contributed by atoms with E-state index in [0.29, 0.717) is 43.1 Å². The van der Waals surface area contributed by atoms with Gasteiger partial charge in [0.2, 0.25) is 18.6 Å². The molecule has 156 valence electrons. The molecule has 0 aromatic heterocycles. The number of carbonyl (C=O) groups excluding carboxylic acids is 2. The van der Waals surface area contributed by atoms with Gasteiger partial charge in [-0.05, 0) is 43.4 Å². The lowest BCUT2D eigenvalue weighted by atomic mass is 9.63. The average molecular weight is 406 g/mol. The number of rotatable bonds is 4. The minimum Gasteiger partial charge on any atom is -0.454 e. The van der Waals surface area contributed by atoms with E-state index in [9.17, 15) is 9.59 Å². The van der Waals surface area contributed by atoms with E-state index in [2.05, 4.69) is 17.4 Å². The first kappa shape index (κ1) is 19.0. The number of likely N-dealkylation sites (tertiary alicyclic amines) is 1. The lowest BCUT2D eigenvalue weighted by Crippen LogP contribution is -2.53. The molecular weight excluding hydrogens is 380 g/mol. The molecule has 0 bridgehead atoms. The van der Waals surface area contributed by atoms with Crippen LogP contribution in [-0.2, 0) is 15.0 Å². The van der Waals surface area contributed by atoms with Crippen LogP contribution in [0.25, 0.3) is 0 Å². The summed E-state index contributed by atoms with van der Waals surface area (Å²) in [5, 5.41) is 2.99. The number of hydrogen-bond acceptors (Lipinski definition) is 4. The average Bonchev–Trinajstić information content (AvgIpc) is 3.22. The zero-order valence-corrected chi connectivity index (χ0v) is 16.9. The minimum absolute atomic E-state index is 0.00220. The first-order valence-corrected chi connectivity index (χ1v) is 10.7. The number of nitrogens with one attached hydrogen (secondary N) is 1. The molecule has 2 aliphatic heterocycles. The summed E-state index contributed by atoms with van der Waals surface area (Å²) in [6, 6.07) is 15.6. The van der Waals surface area contributed by atoms with Gasteiger partial charge in [-0.25, -0.2) is 0 Å². The first-order valence-electron chi connectivity index (χ1n) is 10.7. The molecule has 6 heteroatoms. The third-order valence-corrected chi connectivity index (χ3v) is 6.74. The van der Waals surface area contributed by atoms with Crippen molar-refractivity contribution in [2.45, 2.75) is 37.5 Å². The Kier molecular flexibility index (Phi) is 4.85. The van der Waals surface area contributed by atoms with Crippen LogP contribution in [0.3, 0.4) is 0 Å². The molecule has 2 amide bonds. The summed E-state index contributed by atoms with van der Waals surface area (Å²) in [7, 11) is 0. The lowest BCUT2D eigenvalue weighted by Gasteiger charge is -2.45. The first-order chi connectivity index (χ1) is 14.7. The Hall–Kier alpha value is -3.02. The lowest BCUT2D eigenvalue weighted by molar-refractivity contribution is -0.143. The normalized spacial score (nSPS) is 19.8. The molecule has 5 rings (SSSR count). The Morgan fingerprint density at radius 1 is 0.967 bits per heavy atom. The molecule has 0 atom stereocenters. The molecule has 3 aliphatic rings. The summed E-state index contributed by atoms with van der Waals surface area (Å²) in [5.41, 5.74) is 1.48. The number of anilines is 1. The fraction of sp³-hybridized carbons (Fsp3) is 0.417. The van der Waals surface area contributed by atoms with Crippen LogP contribution < -0.4 is 14.8 Å². The monoisotopic (exact) mass is 406 g/mol. The Morgan fingerprint density at radius 2 is 1.70 bits per heavy atom. The Balaban J connectivity index is 1.20. The molecule has 1 saturated heterocycles. The van der Waals surface area contributed by atoms with Crippen LogP contribution in [-0.4, -0.2) is 36.6 Å². The van der Waals surface area contributed by atoms with E-state index in [1.54, 1.807) is 12.1 Å². The van der Waals surface area contributed by atoms with E-state index >= 15 is 0 Å². The minimum atomic E-state index is -0.358. The molecule has 2 fully saturated rings. The van der Waals surface area contributed by atoms with E-state index in [-0.39, 0.29) is 29.9 Å². The Bertz CT molecular complexity index is 947. The summed E-state index contributed by atoms with van der Waals surface area (Å²) >= 11 is 0. The van der Waals surface area contributed by atoms with Crippen LogP contribution in [0.1, 0.15) is 37.7 Å².